The highest BCUT2D eigenvalue weighted by Crippen LogP contribution is 2.29. The fraction of sp³-hybridized carbons (Fsp3) is 0.200. The molecule has 126 valence electrons. The number of esters is 1. The Kier molecular flexibility index (Phi) is 5.15. The van der Waals surface area contributed by atoms with Gasteiger partial charge in [-0.1, -0.05) is 0 Å². The first-order chi connectivity index (χ1) is 11.4. The van der Waals surface area contributed by atoms with Gasteiger partial charge in [0.05, 0.1) is 29.5 Å². The number of nitrogens with one attached hydrogen (secondary N) is 1. The van der Waals surface area contributed by atoms with Crippen LogP contribution < -0.4 is 10.1 Å². The quantitative estimate of drug-likeness (QED) is 0.489. The van der Waals surface area contributed by atoms with E-state index in [-0.39, 0.29) is 22.7 Å². The molecule has 2 aromatic rings. The number of ether oxygens (including phenoxy) is 2. The normalized spacial score (nSPS) is 11.4. The van der Waals surface area contributed by atoms with Gasteiger partial charge in [0.25, 0.3) is 11.6 Å². The maximum Gasteiger partial charge on any atom is 0.342 e. The number of carbonyl (C=O) groups excluding carboxylic acids is 2. The van der Waals surface area contributed by atoms with Crippen molar-refractivity contribution in [2.75, 3.05) is 12.4 Å². The van der Waals surface area contributed by atoms with Crippen LogP contribution in [-0.4, -0.2) is 30.0 Å². The summed E-state index contributed by atoms with van der Waals surface area (Å²) >= 11 is 0. The summed E-state index contributed by atoms with van der Waals surface area (Å²) < 4.78 is 14.8. The molecule has 0 spiro atoms. The number of hydrogen-bond donors (Lipinski definition) is 1. The van der Waals surface area contributed by atoms with E-state index >= 15 is 0 Å². The van der Waals surface area contributed by atoms with Crippen LogP contribution in [0.15, 0.2) is 41.2 Å². The molecule has 1 amide bonds. The lowest BCUT2D eigenvalue weighted by Crippen LogP contribution is -2.30. The number of methoxy groups -OCH3 is 1. The number of amides is 1. The van der Waals surface area contributed by atoms with E-state index in [1.165, 1.54) is 44.8 Å². The maximum absolute atomic E-state index is 12.1. The van der Waals surface area contributed by atoms with Crippen LogP contribution in [0.4, 0.5) is 11.4 Å². The van der Waals surface area contributed by atoms with Gasteiger partial charge in [0.1, 0.15) is 12.0 Å². The molecular formula is C15H14N2O7. The fourth-order valence-corrected chi connectivity index (χ4v) is 1.80. The molecular weight excluding hydrogens is 320 g/mol. The third-order valence-corrected chi connectivity index (χ3v) is 3.06. The number of nitro groups is 1. The maximum atomic E-state index is 12.1. The summed E-state index contributed by atoms with van der Waals surface area (Å²) in [6.45, 7) is 1.37. The van der Waals surface area contributed by atoms with Gasteiger partial charge in [0.15, 0.2) is 6.10 Å². The summed E-state index contributed by atoms with van der Waals surface area (Å²) in [5.41, 5.74) is 0.0552. The standard InChI is InChI=1S/C15H14N2O7/c1-9(24-15(19)10-5-6-23-8-10)14(18)16-12-7-11(17(20)21)3-4-13(12)22-2/h3-9H,1-2H3,(H,16,18)/t9-/m1/s1. The summed E-state index contributed by atoms with van der Waals surface area (Å²) in [4.78, 5) is 34.1. The Morgan fingerprint density at radius 2 is 2.08 bits per heavy atom. The Labute approximate surface area is 136 Å². The minimum absolute atomic E-state index is 0.0999. The molecule has 2 rings (SSSR count). The van der Waals surface area contributed by atoms with Crippen LogP contribution in [0.5, 0.6) is 5.75 Å². The van der Waals surface area contributed by atoms with Gasteiger partial charge in [0, 0.05) is 12.1 Å². The average Bonchev–Trinajstić information content (AvgIpc) is 3.09. The van der Waals surface area contributed by atoms with Crippen molar-refractivity contribution in [2.45, 2.75) is 13.0 Å². The number of anilines is 1. The van der Waals surface area contributed by atoms with Gasteiger partial charge in [-0.05, 0) is 19.1 Å². The third-order valence-electron chi connectivity index (χ3n) is 3.06. The van der Waals surface area contributed by atoms with Crippen molar-refractivity contribution in [1.82, 2.24) is 0 Å². The second kappa shape index (κ2) is 7.27. The van der Waals surface area contributed by atoms with Crippen LogP contribution in [0.25, 0.3) is 0 Å². The highest BCUT2D eigenvalue weighted by molar-refractivity contribution is 5.98. The second-order valence-electron chi connectivity index (χ2n) is 4.69. The van der Waals surface area contributed by atoms with E-state index in [2.05, 4.69) is 5.32 Å². The molecule has 1 atom stereocenters. The van der Waals surface area contributed by atoms with Gasteiger partial charge in [-0.25, -0.2) is 4.79 Å². The van der Waals surface area contributed by atoms with E-state index in [4.69, 9.17) is 13.9 Å². The molecule has 9 nitrogen and oxygen atoms in total. The molecule has 0 aliphatic rings. The molecule has 0 radical (unpaired) electrons. The van der Waals surface area contributed by atoms with E-state index in [0.717, 1.165) is 6.07 Å². The Morgan fingerprint density at radius 1 is 1.33 bits per heavy atom. The van der Waals surface area contributed by atoms with Gasteiger partial charge < -0.3 is 19.2 Å². The zero-order chi connectivity index (χ0) is 17.7. The van der Waals surface area contributed by atoms with Crippen molar-refractivity contribution >= 4 is 23.3 Å². The van der Waals surface area contributed by atoms with Crippen molar-refractivity contribution < 1.29 is 28.4 Å². The third kappa shape index (κ3) is 3.88. The summed E-state index contributed by atoms with van der Waals surface area (Å²) in [5.74, 6) is -1.15. The van der Waals surface area contributed by atoms with Crippen molar-refractivity contribution in [2.24, 2.45) is 0 Å². The fourth-order valence-electron chi connectivity index (χ4n) is 1.80. The predicted octanol–water partition coefficient (Wildman–Crippen LogP) is 2.38. The van der Waals surface area contributed by atoms with E-state index in [9.17, 15) is 19.7 Å². The van der Waals surface area contributed by atoms with Crippen LogP contribution in [0, 0.1) is 10.1 Å². The summed E-state index contributed by atoms with van der Waals surface area (Å²) in [6, 6.07) is 5.16. The molecule has 0 saturated carbocycles. The highest BCUT2D eigenvalue weighted by Gasteiger charge is 2.21. The molecule has 1 aromatic carbocycles. The monoisotopic (exact) mass is 334 g/mol. The Hall–Kier alpha value is -3.36. The smallest absolute Gasteiger partial charge is 0.342 e. The van der Waals surface area contributed by atoms with Gasteiger partial charge in [0.2, 0.25) is 0 Å². The second-order valence-corrected chi connectivity index (χ2v) is 4.69. The molecule has 1 N–H and O–H groups in total. The van der Waals surface area contributed by atoms with Gasteiger partial charge in [-0.3, -0.25) is 14.9 Å². The number of non-ortho nitro benzene ring substituents is 1. The minimum Gasteiger partial charge on any atom is -0.495 e. The Balaban J connectivity index is 2.09. The largest absolute Gasteiger partial charge is 0.495 e. The van der Waals surface area contributed by atoms with Crippen LogP contribution in [-0.2, 0) is 9.53 Å². The molecule has 0 fully saturated rings. The Bertz CT molecular complexity index is 755. The average molecular weight is 334 g/mol. The zero-order valence-electron chi connectivity index (χ0n) is 12.8. The van der Waals surface area contributed by atoms with E-state index in [1.807, 2.05) is 0 Å². The zero-order valence-corrected chi connectivity index (χ0v) is 12.8. The van der Waals surface area contributed by atoms with Gasteiger partial charge in [-0.15, -0.1) is 0 Å². The van der Waals surface area contributed by atoms with E-state index < -0.39 is 22.9 Å². The van der Waals surface area contributed by atoms with Crippen LogP contribution in [0.2, 0.25) is 0 Å². The molecule has 0 saturated heterocycles. The lowest BCUT2D eigenvalue weighted by Gasteiger charge is -2.14. The number of hydrogen-bond acceptors (Lipinski definition) is 7. The first-order valence-electron chi connectivity index (χ1n) is 6.79. The number of nitrogens with zero attached hydrogens (tertiary/aromatic N) is 1. The van der Waals surface area contributed by atoms with Crippen molar-refractivity contribution in [1.29, 1.82) is 0 Å². The van der Waals surface area contributed by atoms with Gasteiger partial charge in [-0.2, -0.15) is 0 Å². The van der Waals surface area contributed by atoms with Crippen molar-refractivity contribution in [3.63, 3.8) is 0 Å². The highest BCUT2D eigenvalue weighted by atomic mass is 16.6. The lowest BCUT2D eigenvalue weighted by molar-refractivity contribution is -0.384. The van der Waals surface area contributed by atoms with Crippen LogP contribution in [0.1, 0.15) is 17.3 Å². The Morgan fingerprint density at radius 3 is 2.67 bits per heavy atom. The molecule has 1 heterocycles. The van der Waals surface area contributed by atoms with Crippen LogP contribution >= 0.6 is 0 Å². The topological polar surface area (TPSA) is 121 Å². The molecule has 0 unspecified atom stereocenters. The number of rotatable bonds is 6. The number of furan rings is 1. The molecule has 1 aromatic heterocycles. The molecule has 9 heteroatoms. The molecule has 0 aliphatic heterocycles. The summed E-state index contributed by atoms with van der Waals surface area (Å²) in [6.07, 6.45) is 1.36. The first kappa shape index (κ1) is 17.0. The number of nitro benzene ring substituents is 1. The summed E-state index contributed by atoms with van der Waals surface area (Å²) in [7, 11) is 1.36. The van der Waals surface area contributed by atoms with E-state index in [1.54, 1.807) is 0 Å². The van der Waals surface area contributed by atoms with Crippen molar-refractivity contribution in [3.8, 4) is 5.75 Å². The van der Waals surface area contributed by atoms with Crippen molar-refractivity contribution in [3.05, 3.63) is 52.5 Å². The molecule has 0 bridgehead atoms. The van der Waals surface area contributed by atoms with E-state index in [0.29, 0.717) is 0 Å². The lowest BCUT2D eigenvalue weighted by atomic mass is 10.2. The molecule has 0 aliphatic carbocycles. The predicted molar refractivity (Wildman–Crippen MR) is 81.9 cm³/mol. The number of benzene rings is 1. The van der Waals surface area contributed by atoms with Crippen LogP contribution in [0.3, 0.4) is 0 Å². The SMILES string of the molecule is COc1ccc([N+](=O)[O-])cc1NC(=O)[C@@H](C)OC(=O)c1ccoc1. The minimum atomic E-state index is -1.13. The number of carbonyl (C=O) groups is 2. The summed E-state index contributed by atoms with van der Waals surface area (Å²) in [5, 5.41) is 13.3. The first-order valence-corrected chi connectivity index (χ1v) is 6.79. The molecule has 24 heavy (non-hydrogen) atoms. The van der Waals surface area contributed by atoms with Gasteiger partial charge >= 0.3 is 5.97 Å².